The predicted molar refractivity (Wildman–Crippen MR) is 194 cm³/mol. The maximum absolute atomic E-state index is 12.7. The number of hydrogen-bond acceptors (Lipinski definition) is 8. The second kappa shape index (κ2) is 16.7. The van der Waals surface area contributed by atoms with Crippen LogP contribution in [0.15, 0.2) is 81.1 Å². The fourth-order valence-corrected chi connectivity index (χ4v) is 7.18. The summed E-state index contributed by atoms with van der Waals surface area (Å²) in [5.41, 5.74) is -2.05. The number of allylic oxidation sites excluding steroid dienone is 1. The van der Waals surface area contributed by atoms with Crippen LogP contribution in [0.2, 0.25) is 10.0 Å². The van der Waals surface area contributed by atoms with Gasteiger partial charge in [-0.2, -0.15) is 42.0 Å². The lowest BCUT2D eigenvalue weighted by atomic mass is 10.1. The molecule has 5 rings (SSSR count). The number of anilines is 1. The lowest BCUT2D eigenvalue weighted by molar-refractivity contribution is -0.149. The van der Waals surface area contributed by atoms with Crippen molar-refractivity contribution in [2.75, 3.05) is 5.73 Å². The van der Waals surface area contributed by atoms with E-state index in [1.165, 1.54) is 6.07 Å². The van der Waals surface area contributed by atoms with Gasteiger partial charge in [0.2, 0.25) is 6.10 Å². The van der Waals surface area contributed by atoms with E-state index in [1.54, 1.807) is 24.3 Å². The monoisotopic (exact) mass is 939 g/mol. The van der Waals surface area contributed by atoms with Crippen molar-refractivity contribution in [3.8, 4) is 29.3 Å². The number of nitrogens with two attached hydrogens (primary N) is 1. The lowest BCUT2D eigenvalue weighted by Crippen LogP contribution is -2.18. The molecule has 1 aromatic heterocycles. The van der Waals surface area contributed by atoms with Crippen molar-refractivity contribution in [1.82, 2.24) is 9.78 Å². The van der Waals surface area contributed by atoms with Crippen molar-refractivity contribution in [2.24, 2.45) is 17.3 Å². The summed E-state index contributed by atoms with van der Waals surface area (Å²) in [7, 11) is -3.71. The van der Waals surface area contributed by atoms with Gasteiger partial charge >= 0.3 is 17.7 Å². The molecule has 1 aliphatic carbocycles. The second-order valence-electron chi connectivity index (χ2n) is 11.8. The summed E-state index contributed by atoms with van der Waals surface area (Å²) < 4.78 is 101. The number of hydrogen-bond donors (Lipinski definition) is 1. The van der Waals surface area contributed by atoms with Crippen LogP contribution in [-0.2, 0) is 26.5 Å². The first-order valence-electron chi connectivity index (χ1n) is 14.9. The van der Waals surface area contributed by atoms with E-state index in [4.69, 9.17) is 43.7 Å². The first kappa shape index (κ1) is 42.7. The van der Waals surface area contributed by atoms with E-state index >= 15 is 0 Å². The van der Waals surface area contributed by atoms with Gasteiger partial charge in [-0.15, -0.1) is 0 Å². The number of alkyl halides is 6. The van der Waals surface area contributed by atoms with E-state index in [0.717, 1.165) is 3.39 Å². The van der Waals surface area contributed by atoms with Crippen LogP contribution in [0.3, 0.4) is 0 Å². The Morgan fingerprint density at radius 3 is 2.13 bits per heavy atom. The van der Waals surface area contributed by atoms with E-state index < -0.39 is 66.3 Å². The van der Waals surface area contributed by atoms with E-state index in [2.05, 4.69) is 43.0 Å². The molecule has 0 saturated heterocycles. The number of carbonyl (C=O) groups is 1. The highest BCUT2D eigenvalue weighted by molar-refractivity contribution is 9.28. The van der Waals surface area contributed by atoms with Crippen LogP contribution in [0, 0.1) is 39.9 Å². The van der Waals surface area contributed by atoms with Crippen molar-refractivity contribution >= 4 is 77.6 Å². The zero-order valence-electron chi connectivity index (χ0n) is 27.3. The largest absolute Gasteiger partial charge is 0.476 e. The molecule has 4 atom stereocenters. The molecule has 54 heavy (non-hydrogen) atoms. The molecular weight excluding hydrogens is 919 g/mol. The molecule has 9 nitrogen and oxygen atoms in total. The number of aromatic nitrogens is 2. The summed E-state index contributed by atoms with van der Waals surface area (Å²) >= 11 is 18.2. The van der Waals surface area contributed by atoms with E-state index in [1.807, 2.05) is 50.3 Å². The minimum atomic E-state index is -5.25. The van der Waals surface area contributed by atoms with Crippen LogP contribution >= 0.6 is 55.1 Å². The van der Waals surface area contributed by atoms with Crippen molar-refractivity contribution in [1.29, 1.82) is 10.5 Å². The third-order valence-electron chi connectivity index (χ3n) is 7.89. The fraction of sp³-hybridized carbons (Fsp3) is 0.235. The number of para-hydroxylation sites is 1. The molecule has 1 heterocycles. The highest BCUT2D eigenvalue weighted by Crippen LogP contribution is 2.60. The highest BCUT2D eigenvalue weighted by Gasteiger charge is 2.62. The Kier molecular flexibility index (Phi) is 13.2. The third-order valence-corrected chi connectivity index (χ3v) is 10.2. The number of benzene rings is 3. The Hall–Kier alpha value is -4.07. The van der Waals surface area contributed by atoms with Gasteiger partial charge in [-0.3, -0.25) is 4.79 Å². The second-order valence-corrected chi connectivity index (χ2v) is 16.8. The van der Waals surface area contributed by atoms with Crippen LogP contribution in [0.1, 0.15) is 36.8 Å². The van der Waals surface area contributed by atoms with Gasteiger partial charge in [-0.1, -0.05) is 73.5 Å². The molecule has 0 bridgehead atoms. The fourth-order valence-electron chi connectivity index (χ4n) is 5.19. The van der Waals surface area contributed by atoms with Crippen molar-refractivity contribution in [3.63, 3.8) is 0 Å². The molecule has 4 aromatic rings. The Morgan fingerprint density at radius 1 is 1.02 bits per heavy atom. The lowest BCUT2D eigenvalue weighted by Gasteiger charge is -2.13. The standard InChI is InChI=1S/C22H19Br2NO3.C12H4Cl2F6N4OS/c1-22(2)17(12-19(23)24)20(22)21(26)28-18(13-25)14-7-6-10-16(11-14)27-15-8-4-3-5-9-15;13-5-1-4(11(15,16)17)2-6(14)8(5)24-10(22)9(7(3-21)23-24)26(25)12(18,19)20/h3-12,17-18,20H,1-2H3;1-2H,22H2/t17-,18+,20-;/m0./s1. The highest BCUT2D eigenvalue weighted by atomic mass is 79.9. The molecule has 20 heteroatoms. The number of ether oxygens (including phenoxy) is 2. The zero-order chi connectivity index (χ0) is 40.3. The zero-order valence-corrected chi connectivity index (χ0v) is 32.8. The summed E-state index contributed by atoms with van der Waals surface area (Å²) in [4.78, 5) is 11.5. The minimum Gasteiger partial charge on any atom is -0.457 e. The quantitative estimate of drug-likeness (QED) is 0.136. The van der Waals surface area contributed by atoms with Crippen molar-refractivity contribution in [2.45, 2.75) is 36.5 Å². The first-order valence-corrected chi connectivity index (χ1v) is 18.4. The number of rotatable bonds is 8. The number of esters is 1. The van der Waals surface area contributed by atoms with Gasteiger partial charge in [0.15, 0.2) is 16.5 Å². The van der Waals surface area contributed by atoms with E-state index in [-0.39, 0.29) is 23.2 Å². The van der Waals surface area contributed by atoms with Gasteiger partial charge in [0.05, 0.1) is 24.9 Å². The van der Waals surface area contributed by atoms with Crippen LogP contribution in [0.4, 0.5) is 32.2 Å². The molecule has 0 aliphatic heterocycles. The summed E-state index contributed by atoms with van der Waals surface area (Å²) in [5, 5.41) is 20.6. The van der Waals surface area contributed by atoms with Gasteiger partial charge in [-0.25, -0.2) is 8.89 Å². The number of halogens is 10. The molecule has 0 spiro atoms. The van der Waals surface area contributed by atoms with Gasteiger partial charge in [0.1, 0.15) is 40.0 Å². The maximum Gasteiger partial charge on any atom is 0.476 e. The van der Waals surface area contributed by atoms with Gasteiger partial charge in [0.25, 0.3) is 0 Å². The maximum atomic E-state index is 12.7. The van der Waals surface area contributed by atoms with Crippen LogP contribution < -0.4 is 10.5 Å². The summed E-state index contributed by atoms with van der Waals surface area (Å²) in [6, 6.07) is 20.7. The SMILES string of the molecule is CC1(C)[C@H](C(=O)O[C@H](C#N)c2cccc(Oc3ccccc3)c2)[C@@H]1C=C(Br)Br.N#Cc1nn(-c2c(Cl)cc(C(F)(F)F)cc2Cl)c(N)c1S(=O)C(F)(F)F. The van der Waals surface area contributed by atoms with Crippen LogP contribution in [0.25, 0.3) is 5.69 Å². The topological polar surface area (TPSA) is 144 Å². The molecule has 1 saturated carbocycles. The van der Waals surface area contributed by atoms with E-state index in [9.17, 15) is 40.6 Å². The van der Waals surface area contributed by atoms with Crippen molar-refractivity contribution in [3.05, 3.63) is 103 Å². The first-order chi connectivity index (χ1) is 25.1. The molecule has 0 radical (unpaired) electrons. The third kappa shape index (κ3) is 9.77. The number of nitrogens with zero attached hydrogens (tertiary/aromatic N) is 4. The Bertz CT molecular complexity index is 2180. The number of carbonyl (C=O) groups excluding carboxylic acids is 1. The van der Waals surface area contributed by atoms with Gasteiger partial charge < -0.3 is 15.2 Å². The molecule has 1 unspecified atom stereocenters. The number of nitriles is 2. The number of nitrogen functional groups attached to an aromatic ring is 1. The average molecular weight is 942 g/mol. The van der Waals surface area contributed by atoms with Crippen molar-refractivity contribution < 1.29 is 44.8 Å². The Morgan fingerprint density at radius 2 is 1.61 bits per heavy atom. The van der Waals surface area contributed by atoms with Gasteiger partial charge in [-0.05, 0) is 79.6 Å². The summed E-state index contributed by atoms with van der Waals surface area (Å²) in [5.74, 6) is -0.220. The van der Waals surface area contributed by atoms with Gasteiger partial charge in [0, 0.05) is 5.56 Å². The summed E-state index contributed by atoms with van der Waals surface area (Å²) in [6.45, 7) is 4.03. The molecule has 284 valence electrons. The molecule has 1 fully saturated rings. The minimum absolute atomic E-state index is 0.0563. The average Bonchev–Trinajstić information content (AvgIpc) is 3.46. The molecule has 3 aromatic carbocycles. The summed E-state index contributed by atoms with van der Waals surface area (Å²) in [6.07, 6.45) is -3.83. The molecule has 1 aliphatic rings. The normalized spacial score (nSPS) is 17.1. The molecule has 0 amide bonds. The molecule has 2 N–H and O–H groups in total. The Labute approximate surface area is 332 Å². The smallest absolute Gasteiger partial charge is 0.457 e. The van der Waals surface area contributed by atoms with E-state index in [0.29, 0.717) is 33.9 Å². The van der Waals surface area contributed by atoms with Crippen LogP contribution in [-0.4, -0.2) is 25.5 Å². The Balaban J connectivity index is 0.000000241. The predicted octanol–water partition coefficient (Wildman–Crippen LogP) is 10.8. The molecular formula is C34H23Br2Cl2F6N5O4S. The van der Waals surface area contributed by atoms with Crippen LogP contribution in [0.5, 0.6) is 11.5 Å².